The summed E-state index contributed by atoms with van der Waals surface area (Å²) in [6.07, 6.45) is -1.02. The molecular weight excluding hydrogens is 329 g/mol. The predicted octanol–water partition coefficient (Wildman–Crippen LogP) is 5.20. The van der Waals surface area contributed by atoms with Gasteiger partial charge in [-0.05, 0) is 41.5 Å². The normalized spacial score (nSPS) is 11.6. The second-order valence-electron chi connectivity index (χ2n) is 5.93. The summed E-state index contributed by atoms with van der Waals surface area (Å²) in [5, 5.41) is 2.81. The molecule has 1 N–H and O–H groups in total. The van der Waals surface area contributed by atoms with Crippen LogP contribution in [0.3, 0.4) is 0 Å². The van der Waals surface area contributed by atoms with Gasteiger partial charge < -0.3 is 10.1 Å². The van der Waals surface area contributed by atoms with Gasteiger partial charge in [-0.25, -0.2) is 4.39 Å². The number of ether oxygens (including phenoxy) is 1. The van der Waals surface area contributed by atoms with Crippen molar-refractivity contribution >= 4 is 11.6 Å². The van der Waals surface area contributed by atoms with Gasteiger partial charge in [-0.15, -0.1) is 0 Å². The van der Waals surface area contributed by atoms with E-state index in [2.05, 4.69) is 5.32 Å². The Labute approximate surface area is 152 Å². The van der Waals surface area contributed by atoms with Gasteiger partial charge >= 0.3 is 0 Å². The molecule has 3 nitrogen and oxygen atoms in total. The monoisotopic (exact) mass is 349 g/mol. The van der Waals surface area contributed by atoms with Crippen molar-refractivity contribution in [2.45, 2.75) is 12.6 Å². The van der Waals surface area contributed by atoms with Crippen molar-refractivity contribution in [2.24, 2.45) is 0 Å². The molecule has 0 aliphatic rings. The zero-order chi connectivity index (χ0) is 18.4. The number of benzene rings is 3. The Bertz CT molecular complexity index is 863. The van der Waals surface area contributed by atoms with Gasteiger partial charge in [0.05, 0.1) is 7.11 Å². The lowest BCUT2D eigenvalue weighted by atomic mass is 9.97. The summed E-state index contributed by atoms with van der Waals surface area (Å²) in [6, 6.07) is 23.2. The van der Waals surface area contributed by atoms with E-state index in [1.807, 2.05) is 30.3 Å². The molecule has 1 amide bonds. The summed E-state index contributed by atoms with van der Waals surface area (Å²) in [7, 11) is 1.58. The van der Waals surface area contributed by atoms with Crippen LogP contribution in [0.1, 0.15) is 27.7 Å². The lowest BCUT2D eigenvalue weighted by Crippen LogP contribution is -2.15. The molecule has 0 spiro atoms. The topological polar surface area (TPSA) is 38.3 Å². The predicted molar refractivity (Wildman–Crippen MR) is 101 cm³/mol. The number of hydrogen-bond acceptors (Lipinski definition) is 2. The first-order valence-electron chi connectivity index (χ1n) is 8.39. The molecule has 0 aliphatic heterocycles. The largest absolute Gasteiger partial charge is 0.497 e. The highest BCUT2D eigenvalue weighted by Gasteiger charge is 2.19. The van der Waals surface area contributed by atoms with Crippen LogP contribution in [0.25, 0.3) is 0 Å². The SMILES string of the molecule is COc1ccc(NC(=O)c2ccccc2[C@H](F)Cc2ccccc2)cc1. The van der Waals surface area contributed by atoms with E-state index in [0.717, 1.165) is 5.56 Å². The van der Waals surface area contributed by atoms with E-state index >= 15 is 0 Å². The fraction of sp³-hybridized carbons (Fsp3) is 0.136. The molecule has 3 rings (SSSR count). The van der Waals surface area contributed by atoms with Crippen LogP contribution in [0.4, 0.5) is 10.1 Å². The van der Waals surface area contributed by atoms with Crippen molar-refractivity contribution in [3.8, 4) is 5.75 Å². The Kier molecular flexibility index (Phi) is 5.64. The number of nitrogens with one attached hydrogen (secondary N) is 1. The molecule has 0 saturated heterocycles. The third-order valence-electron chi connectivity index (χ3n) is 4.15. The van der Waals surface area contributed by atoms with E-state index in [4.69, 9.17) is 4.74 Å². The van der Waals surface area contributed by atoms with Gasteiger partial charge in [0.25, 0.3) is 5.91 Å². The van der Waals surface area contributed by atoms with Crippen LogP contribution in [0.5, 0.6) is 5.75 Å². The van der Waals surface area contributed by atoms with Crippen molar-refractivity contribution in [1.29, 1.82) is 0 Å². The number of methoxy groups -OCH3 is 1. The van der Waals surface area contributed by atoms with Gasteiger partial charge in [0.15, 0.2) is 0 Å². The van der Waals surface area contributed by atoms with Crippen LogP contribution in [0.15, 0.2) is 78.9 Å². The number of rotatable bonds is 6. The smallest absolute Gasteiger partial charge is 0.256 e. The maximum Gasteiger partial charge on any atom is 0.256 e. The molecule has 0 saturated carbocycles. The fourth-order valence-electron chi connectivity index (χ4n) is 2.78. The number of halogens is 1. The lowest BCUT2D eigenvalue weighted by Gasteiger charge is -2.14. The van der Waals surface area contributed by atoms with Crippen LogP contribution < -0.4 is 10.1 Å². The first-order valence-corrected chi connectivity index (χ1v) is 8.39. The molecule has 0 bridgehead atoms. The molecule has 0 unspecified atom stereocenters. The number of carbonyl (C=O) groups is 1. The van der Waals surface area contributed by atoms with Crippen molar-refractivity contribution in [2.75, 3.05) is 12.4 Å². The molecule has 0 aromatic heterocycles. The Morgan fingerprint density at radius 2 is 1.62 bits per heavy atom. The molecule has 0 aliphatic carbocycles. The maximum atomic E-state index is 14.9. The zero-order valence-corrected chi connectivity index (χ0v) is 14.5. The molecule has 0 heterocycles. The third kappa shape index (κ3) is 4.28. The number of amides is 1. The van der Waals surface area contributed by atoms with Crippen molar-refractivity contribution in [1.82, 2.24) is 0 Å². The lowest BCUT2D eigenvalue weighted by molar-refractivity contribution is 0.102. The fourth-order valence-corrected chi connectivity index (χ4v) is 2.78. The van der Waals surface area contributed by atoms with Crippen molar-refractivity contribution in [3.63, 3.8) is 0 Å². The number of alkyl halides is 1. The van der Waals surface area contributed by atoms with E-state index in [9.17, 15) is 9.18 Å². The highest BCUT2D eigenvalue weighted by atomic mass is 19.1. The molecular formula is C22H20FNO2. The Morgan fingerprint density at radius 3 is 2.31 bits per heavy atom. The summed E-state index contributed by atoms with van der Waals surface area (Å²) in [5.74, 6) is 0.372. The molecule has 3 aromatic rings. The van der Waals surface area contributed by atoms with Crippen LogP contribution >= 0.6 is 0 Å². The van der Waals surface area contributed by atoms with E-state index in [1.54, 1.807) is 55.6 Å². The second-order valence-corrected chi connectivity index (χ2v) is 5.93. The molecule has 0 fully saturated rings. The van der Waals surface area contributed by atoms with E-state index in [1.165, 1.54) is 0 Å². The first-order chi connectivity index (χ1) is 12.7. The van der Waals surface area contributed by atoms with Crippen LogP contribution in [0, 0.1) is 0 Å². The van der Waals surface area contributed by atoms with Crippen LogP contribution in [0.2, 0.25) is 0 Å². The quantitative estimate of drug-likeness (QED) is 0.664. The van der Waals surface area contributed by atoms with Gasteiger partial charge in [-0.3, -0.25) is 4.79 Å². The standard InChI is InChI=1S/C22H20FNO2/c1-26-18-13-11-17(12-14-18)24-22(25)20-10-6-5-9-19(20)21(23)15-16-7-3-2-4-8-16/h2-14,21H,15H2,1H3,(H,24,25)/t21-/m1/s1. The van der Waals surface area contributed by atoms with Crippen LogP contribution in [-0.4, -0.2) is 13.0 Å². The van der Waals surface area contributed by atoms with Crippen molar-refractivity contribution in [3.05, 3.63) is 95.6 Å². The molecule has 4 heteroatoms. The van der Waals surface area contributed by atoms with E-state index < -0.39 is 6.17 Å². The zero-order valence-electron chi connectivity index (χ0n) is 14.5. The minimum absolute atomic E-state index is 0.230. The number of carbonyl (C=O) groups excluding carboxylic acids is 1. The minimum atomic E-state index is -1.25. The Balaban J connectivity index is 1.78. The molecule has 0 radical (unpaired) electrons. The Hall–Kier alpha value is -3.14. The molecule has 26 heavy (non-hydrogen) atoms. The van der Waals surface area contributed by atoms with E-state index in [0.29, 0.717) is 22.6 Å². The van der Waals surface area contributed by atoms with Gasteiger partial charge in [0.1, 0.15) is 11.9 Å². The first kappa shape index (κ1) is 17.7. The highest BCUT2D eigenvalue weighted by Crippen LogP contribution is 2.26. The van der Waals surface area contributed by atoms with Gasteiger partial charge in [0.2, 0.25) is 0 Å². The second kappa shape index (κ2) is 8.30. The average molecular weight is 349 g/mol. The van der Waals surface area contributed by atoms with E-state index in [-0.39, 0.29) is 12.3 Å². The van der Waals surface area contributed by atoms with Gasteiger partial charge in [-0.2, -0.15) is 0 Å². The Morgan fingerprint density at radius 1 is 0.962 bits per heavy atom. The summed E-state index contributed by atoms with van der Waals surface area (Å²) >= 11 is 0. The summed E-state index contributed by atoms with van der Waals surface area (Å²) < 4.78 is 20.0. The number of hydrogen-bond donors (Lipinski definition) is 1. The molecule has 3 aromatic carbocycles. The maximum absolute atomic E-state index is 14.9. The molecule has 1 atom stereocenters. The summed E-state index contributed by atoms with van der Waals surface area (Å²) in [5.41, 5.74) is 2.25. The minimum Gasteiger partial charge on any atom is -0.497 e. The number of anilines is 1. The van der Waals surface area contributed by atoms with Crippen molar-refractivity contribution < 1.29 is 13.9 Å². The molecule has 132 valence electrons. The third-order valence-corrected chi connectivity index (χ3v) is 4.15. The van der Waals surface area contributed by atoms with Gasteiger partial charge in [0, 0.05) is 17.7 Å². The average Bonchev–Trinajstić information content (AvgIpc) is 2.69. The summed E-state index contributed by atoms with van der Waals surface area (Å²) in [4.78, 5) is 12.6. The van der Waals surface area contributed by atoms with Crippen LogP contribution in [-0.2, 0) is 6.42 Å². The highest BCUT2D eigenvalue weighted by molar-refractivity contribution is 6.05. The summed E-state index contributed by atoms with van der Waals surface area (Å²) in [6.45, 7) is 0. The van der Waals surface area contributed by atoms with Gasteiger partial charge in [-0.1, -0.05) is 48.5 Å².